The molecule has 0 saturated heterocycles. The maximum absolute atomic E-state index is 13.0. The Morgan fingerprint density at radius 1 is 1.03 bits per heavy atom. The molecule has 2 aromatic carbocycles. The number of rotatable bonds is 4. The predicted octanol–water partition coefficient (Wildman–Crippen LogP) is 5.11. The lowest BCUT2D eigenvalue weighted by Gasteiger charge is -2.29. The van der Waals surface area contributed by atoms with Crippen molar-refractivity contribution in [2.45, 2.75) is 25.7 Å². The molecule has 1 aliphatic rings. The molecule has 1 aliphatic heterocycles. The summed E-state index contributed by atoms with van der Waals surface area (Å²) < 4.78 is 83.4. The van der Waals surface area contributed by atoms with E-state index in [1.54, 1.807) is 0 Å². The third-order valence-corrected chi connectivity index (χ3v) is 4.46. The van der Waals surface area contributed by atoms with Gasteiger partial charge in [0.05, 0.1) is 16.8 Å². The van der Waals surface area contributed by atoms with Crippen LogP contribution in [0, 0.1) is 0 Å². The third kappa shape index (κ3) is 4.92. The van der Waals surface area contributed by atoms with Gasteiger partial charge in [0.25, 0.3) is 11.8 Å². The second kappa shape index (κ2) is 8.12. The van der Waals surface area contributed by atoms with Crippen molar-refractivity contribution in [1.82, 2.24) is 0 Å². The summed E-state index contributed by atoms with van der Waals surface area (Å²) in [5.41, 5.74) is -3.57. The molecule has 166 valence electrons. The van der Waals surface area contributed by atoms with Crippen LogP contribution in [0.5, 0.6) is 5.75 Å². The molecule has 0 bridgehead atoms. The van der Waals surface area contributed by atoms with Gasteiger partial charge in [-0.2, -0.15) is 26.3 Å². The van der Waals surface area contributed by atoms with Crippen LogP contribution in [0.25, 0.3) is 0 Å². The number of benzene rings is 2. The summed E-state index contributed by atoms with van der Waals surface area (Å²) in [5, 5.41) is 2.28. The molecular weight excluding hydrogens is 430 g/mol. The number of halogens is 6. The highest BCUT2D eigenvalue weighted by atomic mass is 19.4. The largest absolute Gasteiger partial charge is 0.482 e. The molecular formula is C20H16F6N2O3. The average molecular weight is 446 g/mol. The normalized spacial score (nSPS) is 14.2. The SMILES string of the molecule is CCCN1C(=O)COc2ccc(NC(=O)c3cc(C(F)(F)F)cc(C(F)(F)F)c3)cc21. The Morgan fingerprint density at radius 2 is 1.65 bits per heavy atom. The Kier molecular flexibility index (Phi) is 5.88. The molecule has 0 unspecified atom stereocenters. The van der Waals surface area contributed by atoms with Crippen molar-refractivity contribution in [3.8, 4) is 5.75 Å². The zero-order chi connectivity index (χ0) is 23.0. The summed E-state index contributed by atoms with van der Waals surface area (Å²) in [6.45, 7) is 2.05. The number of ether oxygens (including phenoxy) is 1. The van der Waals surface area contributed by atoms with Crippen LogP contribution in [-0.2, 0) is 17.1 Å². The van der Waals surface area contributed by atoms with Gasteiger partial charge in [0.1, 0.15) is 5.75 Å². The lowest BCUT2D eigenvalue weighted by atomic mass is 10.0. The minimum Gasteiger partial charge on any atom is -0.482 e. The molecule has 0 saturated carbocycles. The van der Waals surface area contributed by atoms with Crippen LogP contribution < -0.4 is 15.0 Å². The Bertz CT molecular complexity index is 985. The topological polar surface area (TPSA) is 58.6 Å². The van der Waals surface area contributed by atoms with Crippen molar-refractivity contribution in [3.05, 3.63) is 53.1 Å². The Morgan fingerprint density at radius 3 is 2.19 bits per heavy atom. The molecule has 5 nitrogen and oxygen atoms in total. The van der Waals surface area contributed by atoms with Gasteiger partial charge in [-0.05, 0) is 42.8 Å². The first-order valence-corrected chi connectivity index (χ1v) is 9.08. The van der Waals surface area contributed by atoms with Crippen LogP contribution in [0.2, 0.25) is 0 Å². The Labute approximate surface area is 172 Å². The predicted molar refractivity (Wildman–Crippen MR) is 99.0 cm³/mol. The van der Waals surface area contributed by atoms with Crippen molar-refractivity contribution in [2.24, 2.45) is 0 Å². The maximum Gasteiger partial charge on any atom is 0.416 e. The molecule has 0 fully saturated rings. The molecule has 0 aliphatic carbocycles. The highest BCUT2D eigenvalue weighted by Gasteiger charge is 2.37. The van der Waals surface area contributed by atoms with Crippen molar-refractivity contribution in [1.29, 1.82) is 0 Å². The summed E-state index contributed by atoms with van der Waals surface area (Å²) in [4.78, 5) is 26.0. The van der Waals surface area contributed by atoms with E-state index in [-0.39, 0.29) is 24.3 Å². The Balaban J connectivity index is 1.94. The number of carbonyl (C=O) groups is 2. The van der Waals surface area contributed by atoms with Crippen LogP contribution in [0.1, 0.15) is 34.8 Å². The number of hydrogen-bond donors (Lipinski definition) is 1. The molecule has 1 N–H and O–H groups in total. The smallest absolute Gasteiger partial charge is 0.416 e. The molecule has 31 heavy (non-hydrogen) atoms. The van der Waals surface area contributed by atoms with Gasteiger partial charge in [-0.3, -0.25) is 9.59 Å². The fourth-order valence-corrected chi connectivity index (χ4v) is 3.04. The van der Waals surface area contributed by atoms with Gasteiger partial charge in [-0.1, -0.05) is 6.92 Å². The fraction of sp³-hybridized carbons (Fsp3) is 0.300. The number of hydrogen-bond acceptors (Lipinski definition) is 3. The van der Waals surface area contributed by atoms with Gasteiger partial charge in [-0.15, -0.1) is 0 Å². The minimum absolute atomic E-state index is 0.0543. The zero-order valence-electron chi connectivity index (χ0n) is 16.0. The molecule has 0 radical (unpaired) electrons. The van der Waals surface area contributed by atoms with Gasteiger partial charge < -0.3 is 15.0 Å². The molecule has 0 spiro atoms. The van der Waals surface area contributed by atoms with Crippen LogP contribution in [0.4, 0.5) is 37.7 Å². The van der Waals surface area contributed by atoms with E-state index in [0.717, 1.165) is 0 Å². The van der Waals surface area contributed by atoms with E-state index in [0.29, 0.717) is 36.5 Å². The summed E-state index contributed by atoms with van der Waals surface area (Å²) in [6, 6.07) is 4.83. The highest BCUT2D eigenvalue weighted by molar-refractivity contribution is 6.05. The van der Waals surface area contributed by atoms with Crippen LogP contribution >= 0.6 is 0 Å². The van der Waals surface area contributed by atoms with Gasteiger partial charge in [0.2, 0.25) is 0 Å². The van der Waals surface area contributed by atoms with E-state index in [1.807, 2.05) is 6.92 Å². The van der Waals surface area contributed by atoms with Crippen LogP contribution in [0.15, 0.2) is 36.4 Å². The van der Waals surface area contributed by atoms with Gasteiger partial charge in [0, 0.05) is 17.8 Å². The second-order valence-corrected chi connectivity index (χ2v) is 6.77. The quantitative estimate of drug-likeness (QED) is 0.664. The lowest BCUT2D eigenvalue weighted by molar-refractivity contribution is -0.143. The fourth-order valence-electron chi connectivity index (χ4n) is 3.04. The minimum atomic E-state index is -5.07. The first kappa shape index (κ1) is 22.4. The number of nitrogens with one attached hydrogen (secondary N) is 1. The summed E-state index contributed by atoms with van der Waals surface area (Å²) >= 11 is 0. The van der Waals surface area contributed by atoms with Crippen molar-refractivity contribution in [3.63, 3.8) is 0 Å². The molecule has 1 heterocycles. The summed E-state index contributed by atoms with van der Waals surface area (Å²) in [7, 11) is 0. The van der Waals surface area contributed by atoms with E-state index >= 15 is 0 Å². The monoisotopic (exact) mass is 446 g/mol. The summed E-state index contributed by atoms with van der Waals surface area (Å²) in [6.07, 6.45) is -9.51. The van der Waals surface area contributed by atoms with E-state index < -0.39 is 35.0 Å². The molecule has 0 aromatic heterocycles. The number of amides is 2. The van der Waals surface area contributed by atoms with Gasteiger partial charge in [-0.25, -0.2) is 0 Å². The summed E-state index contributed by atoms with van der Waals surface area (Å²) in [5.74, 6) is -1.11. The van der Waals surface area contributed by atoms with E-state index in [4.69, 9.17) is 4.74 Å². The van der Waals surface area contributed by atoms with Crippen molar-refractivity contribution >= 4 is 23.2 Å². The average Bonchev–Trinajstić information content (AvgIpc) is 2.68. The zero-order valence-corrected chi connectivity index (χ0v) is 16.0. The molecule has 0 atom stereocenters. The lowest BCUT2D eigenvalue weighted by Crippen LogP contribution is -2.39. The number of fused-ring (bicyclic) bond motifs is 1. The van der Waals surface area contributed by atoms with Gasteiger partial charge in [0.15, 0.2) is 6.61 Å². The molecule has 11 heteroatoms. The van der Waals surface area contributed by atoms with Crippen molar-refractivity contribution in [2.75, 3.05) is 23.4 Å². The van der Waals surface area contributed by atoms with Gasteiger partial charge >= 0.3 is 12.4 Å². The van der Waals surface area contributed by atoms with Crippen molar-refractivity contribution < 1.29 is 40.7 Å². The highest BCUT2D eigenvalue weighted by Crippen LogP contribution is 2.37. The van der Waals surface area contributed by atoms with E-state index in [9.17, 15) is 35.9 Å². The Hall–Kier alpha value is -3.24. The number of nitrogens with zero attached hydrogens (tertiary/aromatic N) is 1. The molecule has 3 rings (SSSR count). The van der Waals surface area contributed by atoms with E-state index in [1.165, 1.54) is 23.1 Å². The first-order valence-electron chi connectivity index (χ1n) is 9.08. The first-order chi connectivity index (χ1) is 14.4. The number of alkyl halides is 6. The molecule has 2 amide bonds. The molecule has 2 aromatic rings. The van der Waals surface area contributed by atoms with E-state index in [2.05, 4.69) is 5.32 Å². The maximum atomic E-state index is 13.0. The van der Waals surface area contributed by atoms with Crippen LogP contribution in [-0.4, -0.2) is 25.0 Å². The standard InChI is InChI=1S/C20H16F6N2O3/c1-2-5-28-15-9-14(3-4-16(15)31-10-17(28)29)27-18(30)11-6-12(19(21,22)23)8-13(7-11)20(24,25)26/h3-4,6-9H,2,5,10H2,1H3,(H,27,30). The number of anilines is 2. The second-order valence-electron chi connectivity index (χ2n) is 6.77. The van der Waals surface area contributed by atoms with Crippen LogP contribution in [0.3, 0.4) is 0 Å². The third-order valence-electron chi connectivity index (χ3n) is 4.46. The number of carbonyl (C=O) groups excluding carboxylic acids is 2.